The number of hydrogen-bond donors (Lipinski definition) is 1. The lowest BCUT2D eigenvalue weighted by Gasteiger charge is -2.20. The largest absolute Gasteiger partial charge is 0.372 e. The zero-order valence-corrected chi connectivity index (χ0v) is 12.4. The molecular formula is C16H19F2N3O. The van der Waals surface area contributed by atoms with Crippen molar-refractivity contribution in [1.82, 2.24) is 15.1 Å². The summed E-state index contributed by atoms with van der Waals surface area (Å²) in [7, 11) is 0. The topological polar surface area (TPSA) is 39.1 Å². The monoisotopic (exact) mass is 307 g/mol. The van der Waals surface area contributed by atoms with Crippen LogP contribution < -0.4 is 5.32 Å². The molecular weight excluding hydrogens is 288 g/mol. The van der Waals surface area contributed by atoms with E-state index in [1.165, 1.54) is 6.07 Å². The first kappa shape index (κ1) is 15.1. The van der Waals surface area contributed by atoms with Crippen molar-refractivity contribution in [2.75, 3.05) is 6.61 Å². The Labute approximate surface area is 128 Å². The summed E-state index contributed by atoms with van der Waals surface area (Å²) in [5, 5.41) is 7.66. The van der Waals surface area contributed by atoms with Crippen molar-refractivity contribution in [2.45, 2.75) is 38.6 Å². The standard InChI is InChI=1S/C16H19F2N3O/c1-2-21-10-11(9-20-21)8-19-15-5-6-22-16(15)12-3-4-13(17)14(18)7-12/h3-4,7,9-10,15-16,19H,2,5-6,8H2,1H3/t15-,16+/m0/s1. The fourth-order valence-electron chi connectivity index (χ4n) is 2.74. The van der Waals surface area contributed by atoms with Crippen LogP contribution in [-0.4, -0.2) is 22.4 Å². The molecule has 0 saturated carbocycles. The van der Waals surface area contributed by atoms with Crippen LogP contribution in [0.15, 0.2) is 30.6 Å². The van der Waals surface area contributed by atoms with Crippen LogP contribution in [0.4, 0.5) is 8.78 Å². The molecule has 3 rings (SSSR count). The molecule has 1 aliphatic heterocycles. The minimum Gasteiger partial charge on any atom is -0.372 e. The van der Waals surface area contributed by atoms with Gasteiger partial charge in [-0.25, -0.2) is 8.78 Å². The molecule has 4 nitrogen and oxygen atoms in total. The van der Waals surface area contributed by atoms with Gasteiger partial charge in [-0.3, -0.25) is 4.68 Å². The first-order valence-corrected chi connectivity index (χ1v) is 7.48. The molecule has 118 valence electrons. The van der Waals surface area contributed by atoms with E-state index < -0.39 is 11.6 Å². The minimum absolute atomic E-state index is 0.0786. The first-order chi connectivity index (χ1) is 10.7. The average Bonchev–Trinajstić information content (AvgIpc) is 3.16. The third-order valence-electron chi connectivity index (χ3n) is 3.94. The Morgan fingerprint density at radius 2 is 2.23 bits per heavy atom. The van der Waals surface area contributed by atoms with Gasteiger partial charge in [-0.2, -0.15) is 5.10 Å². The lowest BCUT2D eigenvalue weighted by atomic mass is 10.0. The van der Waals surface area contributed by atoms with E-state index in [4.69, 9.17) is 4.74 Å². The quantitative estimate of drug-likeness (QED) is 0.923. The van der Waals surface area contributed by atoms with E-state index in [1.807, 2.05) is 24.0 Å². The highest BCUT2D eigenvalue weighted by atomic mass is 19.2. The maximum atomic E-state index is 13.4. The third-order valence-corrected chi connectivity index (χ3v) is 3.94. The number of benzene rings is 1. The number of hydrogen-bond acceptors (Lipinski definition) is 3. The number of aryl methyl sites for hydroxylation is 1. The Kier molecular flexibility index (Phi) is 4.49. The van der Waals surface area contributed by atoms with Gasteiger partial charge in [0.05, 0.1) is 12.3 Å². The molecule has 2 atom stereocenters. The van der Waals surface area contributed by atoms with Crippen LogP contribution in [0.3, 0.4) is 0 Å². The summed E-state index contributed by atoms with van der Waals surface area (Å²) < 4.78 is 34.0. The predicted molar refractivity (Wildman–Crippen MR) is 78.2 cm³/mol. The van der Waals surface area contributed by atoms with Crippen LogP contribution in [0.2, 0.25) is 0 Å². The summed E-state index contributed by atoms with van der Waals surface area (Å²) in [6, 6.07) is 4.02. The molecule has 22 heavy (non-hydrogen) atoms. The van der Waals surface area contributed by atoms with E-state index in [0.29, 0.717) is 18.7 Å². The van der Waals surface area contributed by atoms with E-state index >= 15 is 0 Å². The Morgan fingerprint density at radius 3 is 2.95 bits per heavy atom. The van der Waals surface area contributed by atoms with Crippen molar-refractivity contribution < 1.29 is 13.5 Å². The molecule has 1 aliphatic rings. The van der Waals surface area contributed by atoms with Gasteiger partial charge in [0.2, 0.25) is 0 Å². The highest BCUT2D eigenvalue weighted by Gasteiger charge is 2.29. The van der Waals surface area contributed by atoms with Gasteiger partial charge in [0.1, 0.15) is 0 Å². The summed E-state index contributed by atoms with van der Waals surface area (Å²) in [6.45, 7) is 4.15. The average molecular weight is 307 g/mol. The third kappa shape index (κ3) is 3.18. The molecule has 2 heterocycles. The van der Waals surface area contributed by atoms with E-state index in [1.54, 1.807) is 6.07 Å². The summed E-state index contributed by atoms with van der Waals surface area (Å²) in [4.78, 5) is 0. The molecule has 0 unspecified atom stereocenters. The van der Waals surface area contributed by atoms with Gasteiger partial charge in [0.25, 0.3) is 0 Å². The van der Waals surface area contributed by atoms with Crippen molar-refractivity contribution in [3.05, 3.63) is 53.4 Å². The number of ether oxygens (including phenoxy) is 1. The summed E-state index contributed by atoms with van der Waals surface area (Å²) >= 11 is 0. The number of rotatable bonds is 5. The van der Waals surface area contributed by atoms with Gasteiger partial charge in [-0.1, -0.05) is 6.07 Å². The van der Waals surface area contributed by atoms with Crippen LogP contribution in [0, 0.1) is 11.6 Å². The zero-order valence-electron chi connectivity index (χ0n) is 12.4. The van der Waals surface area contributed by atoms with Crippen LogP contribution in [-0.2, 0) is 17.8 Å². The fraction of sp³-hybridized carbons (Fsp3) is 0.438. The molecule has 1 fully saturated rings. The van der Waals surface area contributed by atoms with Gasteiger partial charge in [0, 0.05) is 37.5 Å². The number of aromatic nitrogens is 2. The second-order valence-corrected chi connectivity index (χ2v) is 5.45. The second kappa shape index (κ2) is 6.54. The van der Waals surface area contributed by atoms with Crippen LogP contribution in [0.25, 0.3) is 0 Å². The maximum absolute atomic E-state index is 13.4. The van der Waals surface area contributed by atoms with Crippen LogP contribution in [0.1, 0.15) is 30.6 Å². The molecule has 2 aromatic rings. The van der Waals surface area contributed by atoms with E-state index in [0.717, 1.165) is 24.6 Å². The number of halogens is 2. The highest BCUT2D eigenvalue weighted by molar-refractivity contribution is 5.22. The molecule has 6 heteroatoms. The number of nitrogens with one attached hydrogen (secondary N) is 1. The highest BCUT2D eigenvalue weighted by Crippen LogP contribution is 2.30. The Balaban J connectivity index is 1.66. The Bertz CT molecular complexity index is 644. The Hall–Kier alpha value is -1.79. The molecule has 0 bridgehead atoms. The van der Waals surface area contributed by atoms with Gasteiger partial charge in [-0.15, -0.1) is 0 Å². The SMILES string of the molecule is CCn1cc(CN[C@H]2CCO[C@@H]2c2ccc(F)c(F)c2)cn1. The predicted octanol–water partition coefficient (Wildman–Crippen LogP) is 2.80. The Morgan fingerprint density at radius 1 is 1.36 bits per heavy atom. The summed E-state index contributed by atoms with van der Waals surface area (Å²) in [5.41, 5.74) is 1.76. The van der Waals surface area contributed by atoms with E-state index in [2.05, 4.69) is 10.4 Å². The maximum Gasteiger partial charge on any atom is 0.159 e. The summed E-state index contributed by atoms with van der Waals surface area (Å²) in [6.07, 6.45) is 4.41. The first-order valence-electron chi connectivity index (χ1n) is 7.48. The molecule has 1 aromatic carbocycles. The van der Waals surface area contributed by atoms with Gasteiger partial charge in [0.15, 0.2) is 11.6 Å². The molecule has 0 radical (unpaired) electrons. The second-order valence-electron chi connectivity index (χ2n) is 5.45. The van der Waals surface area contributed by atoms with Crippen molar-refractivity contribution in [2.24, 2.45) is 0 Å². The molecule has 0 spiro atoms. The van der Waals surface area contributed by atoms with Gasteiger partial charge < -0.3 is 10.1 Å². The van der Waals surface area contributed by atoms with E-state index in [9.17, 15) is 8.78 Å². The van der Waals surface area contributed by atoms with Gasteiger partial charge >= 0.3 is 0 Å². The van der Waals surface area contributed by atoms with Crippen molar-refractivity contribution in [3.8, 4) is 0 Å². The minimum atomic E-state index is -0.837. The van der Waals surface area contributed by atoms with Crippen LogP contribution in [0.5, 0.6) is 0 Å². The van der Waals surface area contributed by atoms with Crippen molar-refractivity contribution in [1.29, 1.82) is 0 Å². The lowest BCUT2D eigenvalue weighted by molar-refractivity contribution is 0.0981. The number of nitrogens with zero attached hydrogens (tertiary/aromatic N) is 2. The molecule has 1 N–H and O–H groups in total. The van der Waals surface area contributed by atoms with Crippen molar-refractivity contribution >= 4 is 0 Å². The molecule has 0 amide bonds. The molecule has 0 aliphatic carbocycles. The normalized spacial score (nSPS) is 21.4. The summed E-state index contributed by atoms with van der Waals surface area (Å²) in [5.74, 6) is -1.67. The fourth-order valence-corrected chi connectivity index (χ4v) is 2.74. The van der Waals surface area contributed by atoms with Gasteiger partial charge in [-0.05, 0) is 31.0 Å². The smallest absolute Gasteiger partial charge is 0.159 e. The van der Waals surface area contributed by atoms with Crippen LogP contribution >= 0.6 is 0 Å². The molecule has 1 aromatic heterocycles. The van der Waals surface area contributed by atoms with E-state index in [-0.39, 0.29) is 12.1 Å². The zero-order chi connectivity index (χ0) is 15.5. The lowest BCUT2D eigenvalue weighted by Crippen LogP contribution is -2.31. The molecule has 1 saturated heterocycles. The van der Waals surface area contributed by atoms with Crippen molar-refractivity contribution in [3.63, 3.8) is 0 Å².